The van der Waals surface area contributed by atoms with Gasteiger partial charge in [0.2, 0.25) is 11.7 Å². The molecule has 0 saturated heterocycles. The number of hydrogen-bond acceptors (Lipinski definition) is 5. The van der Waals surface area contributed by atoms with E-state index in [0.717, 1.165) is 0 Å². The van der Waals surface area contributed by atoms with Gasteiger partial charge in [0, 0.05) is 22.0 Å². The van der Waals surface area contributed by atoms with Gasteiger partial charge in [-0.25, -0.2) is 0 Å². The fourth-order valence-electron chi connectivity index (χ4n) is 3.59. The number of rotatable bonds is 5. The molecule has 3 aromatic carbocycles. The molecule has 0 bridgehead atoms. The predicted molar refractivity (Wildman–Crippen MR) is 126 cm³/mol. The first-order valence-corrected chi connectivity index (χ1v) is 10.7. The summed E-state index contributed by atoms with van der Waals surface area (Å²) in [6.07, 6.45) is 2.98. The topological polar surface area (TPSA) is 77.8 Å². The van der Waals surface area contributed by atoms with Crippen LogP contribution in [0.25, 0.3) is 17.0 Å². The summed E-state index contributed by atoms with van der Waals surface area (Å²) in [6.45, 7) is 0.871. The van der Waals surface area contributed by atoms with Crippen molar-refractivity contribution in [1.82, 2.24) is 0 Å². The Morgan fingerprint density at radius 2 is 1.67 bits per heavy atom. The molecule has 0 fully saturated rings. The molecule has 0 aliphatic carbocycles. The second-order valence-corrected chi connectivity index (χ2v) is 7.74. The van der Waals surface area contributed by atoms with Gasteiger partial charge >= 0.3 is 0 Å². The molecule has 0 atom stereocenters. The van der Waals surface area contributed by atoms with Crippen molar-refractivity contribution in [3.8, 4) is 11.5 Å². The minimum atomic E-state index is -0.419. The highest BCUT2D eigenvalue weighted by Gasteiger charge is 2.24. The number of halogens is 1. The minimum absolute atomic E-state index is 0.0346. The number of para-hydroxylation sites is 1. The summed E-state index contributed by atoms with van der Waals surface area (Å²) in [5.74, 6) is 0.315. The van der Waals surface area contributed by atoms with Crippen LogP contribution in [0.15, 0.2) is 77.2 Å². The van der Waals surface area contributed by atoms with Crippen molar-refractivity contribution >= 4 is 46.0 Å². The first-order chi connectivity index (χ1) is 16.1. The van der Waals surface area contributed by atoms with Crippen LogP contribution >= 0.6 is 11.6 Å². The number of fused-ring (bicyclic) bond motifs is 2. The van der Waals surface area contributed by atoms with E-state index < -0.39 is 5.91 Å². The van der Waals surface area contributed by atoms with E-state index in [9.17, 15) is 9.59 Å². The molecule has 1 aromatic heterocycles. The lowest BCUT2D eigenvalue weighted by molar-refractivity contribution is -0.111. The highest BCUT2D eigenvalue weighted by molar-refractivity contribution is 6.32. The molecule has 0 unspecified atom stereocenters. The molecule has 164 valence electrons. The molecule has 0 saturated carbocycles. The molecule has 2 heterocycles. The first-order valence-electron chi connectivity index (χ1n) is 10.3. The van der Waals surface area contributed by atoms with E-state index in [4.69, 9.17) is 25.5 Å². The Morgan fingerprint density at radius 3 is 2.52 bits per heavy atom. The molecular weight excluding hydrogens is 442 g/mol. The normalized spacial score (nSPS) is 12.8. The Hall–Kier alpha value is -4.03. The van der Waals surface area contributed by atoms with Gasteiger partial charge in [-0.2, -0.15) is 0 Å². The minimum Gasteiger partial charge on any atom is -0.486 e. The lowest BCUT2D eigenvalue weighted by Crippen LogP contribution is -2.16. The monoisotopic (exact) mass is 459 g/mol. The van der Waals surface area contributed by atoms with Crippen LogP contribution in [-0.4, -0.2) is 24.9 Å². The Bertz CT molecular complexity index is 1410. The third-order valence-corrected chi connectivity index (χ3v) is 5.52. The average molecular weight is 460 g/mol. The summed E-state index contributed by atoms with van der Waals surface area (Å²) < 4.78 is 17.0. The molecule has 4 aromatic rings. The number of benzene rings is 3. The van der Waals surface area contributed by atoms with Gasteiger partial charge in [0.1, 0.15) is 18.8 Å². The largest absolute Gasteiger partial charge is 0.486 e. The van der Waals surface area contributed by atoms with Gasteiger partial charge in [-0.15, -0.1) is 0 Å². The van der Waals surface area contributed by atoms with Gasteiger partial charge in [0.25, 0.3) is 0 Å². The van der Waals surface area contributed by atoms with E-state index in [2.05, 4.69) is 5.32 Å². The highest BCUT2D eigenvalue weighted by Crippen LogP contribution is 2.35. The number of nitrogens with one attached hydrogen (secondary N) is 1. The van der Waals surface area contributed by atoms with Crippen molar-refractivity contribution in [1.29, 1.82) is 0 Å². The lowest BCUT2D eigenvalue weighted by atomic mass is 10.1. The van der Waals surface area contributed by atoms with Crippen LogP contribution in [0.1, 0.15) is 21.7 Å². The molecule has 1 aliphatic rings. The fourth-order valence-corrected chi connectivity index (χ4v) is 3.78. The summed E-state index contributed by atoms with van der Waals surface area (Å²) in [5.41, 5.74) is 1.86. The number of ketones is 1. The first kappa shape index (κ1) is 20.8. The van der Waals surface area contributed by atoms with E-state index in [-0.39, 0.29) is 11.5 Å². The number of ether oxygens (including phenoxy) is 2. The molecule has 7 heteroatoms. The Kier molecular flexibility index (Phi) is 5.59. The van der Waals surface area contributed by atoms with Crippen LogP contribution in [0.4, 0.5) is 5.69 Å². The van der Waals surface area contributed by atoms with Crippen molar-refractivity contribution < 1.29 is 23.5 Å². The molecule has 1 aliphatic heterocycles. The van der Waals surface area contributed by atoms with Crippen LogP contribution in [0.3, 0.4) is 0 Å². The standard InChI is InChI=1S/C26H18ClNO5/c27-19-7-3-1-5-16(19)10-12-23(29)28-24-18-6-2-4-8-20(18)33-26(24)25(30)17-9-11-21-22(15-17)32-14-13-31-21/h1-12,15H,13-14H2,(H,28,29)/b12-10+. The van der Waals surface area contributed by atoms with Gasteiger partial charge in [0.05, 0.1) is 5.69 Å². The number of hydrogen-bond donors (Lipinski definition) is 1. The average Bonchev–Trinajstić information content (AvgIpc) is 3.21. The highest BCUT2D eigenvalue weighted by atomic mass is 35.5. The maximum atomic E-state index is 13.4. The van der Waals surface area contributed by atoms with Crippen molar-refractivity contribution in [2.24, 2.45) is 0 Å². The number of carbonyl (C=O) groups is 2. The molecule has 1 N–H and O–H groups in total. The van der Waals surface area contributed by atoms with Gasteiger partial charge in [-0.1, -0.05) is 41.9 Å². The van der Waals surface area contributed by atoms with Crippen molar-refractivity contribution in [2.75, 3.05) is 18.5 Å². The molecule has 0 spiro atoms. The maximum absolute atomic E-state index is 13.4. The zero-order chi connectivity index (χ0) is 22.8. The van der Waals surface area contributed by atoms with Crippen molar-refractivity contribution in [3.63, 3.8) is 0 Å². The van der Waals surface area contributed by atoms with Crippen LogP contribution in [-0.2, 0) is 4.79 Å². The second kappa shape index (κ2) is 8.84. The summed E-state index contributed by atoms with van der Waals surface area (Å²) in [5, 5.41) is 3.95. The van der Waals surface area contributed by atoms with Crippen LogP contribution in [0.2, 0.25) is 5.02 Å². The van der Waals surface area contributed by atoms with Gasteiger partial charge in [0.15, 0.2) is 17.3 Å². The maximum Gasteiger partial charge on any atom is 0.248 e. The molecule has 1 amide bonds. The van der Waals surface area contributed by atoms with E-state index in [0.29, 0.717) is 57.5 Å². The predicted octanol–water partition coefficient (Wildman–Crippen LogP) is 5.74. The quantitative estimate of drug-likeness (QED) is 0.304. The number of anilines is 1. The van der Waals surface area contributed by atoms with E-state index in [1.54, 1.807) is 54.6 Å². The van der Waals surface area contributed by atoms with Crippen LogP contribution < -0.4 is 14.8 Å². The summed E-state index contributed by atoms with van der Waals surface area (Å²) in [4.78, 5) is 26.1. The zero-order valence-electron chi connectivity index (χ0n) is 17.3. The third-order valence-electron chi connectivity index (χ3n) is 5.17. The SMILES string of the molecule is O=C(/C=C/c1ccccc1Cl)Nc1c(C(=O)c2ccc3c(c2)OCCO3)oc2ccccc12. The van der Waals surface area contributed by atoms with Gasteiger partial charge in [-0.3, -0.25) is 9.59 Å². The van der Waals surface area contributed by atoms with E-state index in [1.807, 2.05) is 18.2 Å². The fraction of sp³-hybridized carbons (Fsp3) is 0.0769. The summed E-state index contributed by atoms with van der Waals surface area (Å²) in [6, 6.07) is 19.3. The second-order valence-electron chi connectivity index (χ2n) is 7.33. The van der Waals surface area contributed by atoms with Gasteiger partial charge < -0.3 is 19.2 Å². The third kappa shape index (κ3) is 4.21. The molecule has 5 rings (SSSR count). The number of furan rings is 1. The lowest BCUT2D eigenvalue weighted by Gasteiger charge is -2.18. The van der Waals surface area contributed by atoms with E-state index >= 15 is 0 Å². The molecule has 33 heavy (non-hydrogen) atoms. The van der Waals surface area contributed by atoms with Gasteiger partial charge in [-0.05, 0) is 48.0 Å². The zero-order valence-corrected chi connectivity index (χ0v) is 18.1. The smallest absolute Gasteiger partial charge is 0.248 e. The van der Waals surface area contributed by atoms with Crippen LogP contribution in [0, 0.1) is 0 Å². The van der Waals surface area contributed by atoms with Crippen LogP contribution in [0.5, 0.6) is 11.5 Å². The molecular formula is C26H18ClNO5. The Morgan fingerprint density at radius 1 is 0.909 bits per heavy atom. The Balaban J connectivity index is 1.48. The van der Waals surface area contributed by atoms with Crippen molar-refractivity contribution in [3.05, 3.63) is 94.7 Å². The van der Waals surface area contributed by atoms with Crippen molar-refractivity contribution in [2.45, 2.75) is 0 Å². The number of amides is 1. The Labute approximate surface area is 194 Å². The number of carbonyl (C=O) groups excluding carboxylic acids is 2. The summed E-state index contributed by atoms with van der Waals surface area (Å²) in [7, 11) is 0. The molecule has 6 nitrogen and oxygen atoms in total. The molecule has 0 radical (unpaired) electrons. The van der Waals surface area contributed by atoms with E-state index in [1.165, 1.54) is 6.08 Å². The summed E-state index contributed by atoms with van der Waals surface area (Å²) >= 11 is 6.15.